The van der Waals surface area contributed by atoms with E-state index >= 15 is 0 Å². The van der Waals surface area contributed by atoms with E-state index in [-0.39, 0.29) is 5.60 Å². The molecule has 2 aliphatic rings. The molecule has 0 aromatic carbocycles. The quantitative estimate of drug-likeness (QED) is 0.698. The first-order valence-electron chi connectivity index (χ1n) is 8.23. The molecule has 19 heavy (non-hydrogen) atoms. The van der Waals surface area contributed by atoms with Crippen molar-refractivity contribution in [1.82, 2.24) is 5.32 Å². The van der Waals surface area contributed by atoms with E-state index in [1.165, 1.54) is 44.9 Å². The van der Waals surface area contributed by atoms with Crippen LogP contribution in [0.15, 0.2) is 0 Å². The molecule has 1 aliphatic carbocycles. The lowest BCUT2D eigenvalue weighted by molar-refractivity contribution is -0.0623. The molecular weight excluding hydrogens is 238 g/mol. The van der Waals surface area contributed by atoms with Crippen LogP contribution in [0, 0.1) is 5.92 Å². The summed E-state index contributed by atoms with van der Waals surface area (Å²) in [5.41, 5.74) is 0.260. The van der Waals surface area contributed by atoms with Crippen molar-refractivity contribution in [2.75, 3.05) is 19.7 Å². The molecule has 1 heterocycles. The van der Waals surface area contributed by atoms with Gasteiger partial charge in [0.15, 0.2) is 0 Å². The van der Waals surface area contributed by atoms with E-state index in [1.807, 2.05) is 0 Å². The standard InChI is InChI=1S/C16H31NO2/c1-14(13-18)6-5-11-17-12-15-7-10-16(19-15)8-3-2-4-9-16/h14-15,17-18H,2-13H2,1H3. The van der Waals surface area contributed by atoms with E-state index in [0.717, 1.165) is 25.9 Å². The zero-order valence-corrected chi connectivity index (χ0v) is 12.5. The van der Waals surface area contributed by atoms with Crippen molar-refractivity contribution in [3.8, 4) is 0 Å². The summed E-state index contributed by atoms with van der Waals surface area (Å²) in [6, 6.07) is 0. The Morgan fingerprint density at radius 3 is 2.79 bits per heavy atom. The van der Waals surface area contributed by atoms with Gasteiger partial charge in [0.25, 0.3) is 0 Å². The Hall–Kier alpha value is -0.120. The van der Waals surface area contributed by atoms with Crippen LogP contribution in [0.25, 0.3) is 0 Å². The zero-order valence-electron chi connectivity index (χ0n) is 12.5. The van der Waals surface area contributed by atoms with Gasteiger partial charge in [-0.05, 0) is 51.0 Å². The molecule has 2 rings (SSSR count). The van der Waals surface area contributed by atoms with Crippen molar-refractivity contribution in [3.63, 3.8) is 0 Å². The van der Waals surface area contributed by atoms with Crippen LogP contribution in [0.4, 0.5) is 0 Å². The molecule has 2 fully saturated rings. The number of hydrogen-bond acceptors (Lipinski definition) is 3. The van der Waals surface area contributed by atoms with Crippen LogP contribution >= 0.6 is 0 Å². The van der Waals surface area contributed by atoms with Crippen molar-refractivity contribution < 1.29 is 9.84 Å². The Balaban J connectivity index is 1.55. The molecule has 1 saturated heterocycles. The summed E-state index contributed by atoms with van der Waals surface area (Å²) in [6.07, 6.45) is 11.9. The predicted octanol–water partition coefficient (Wildman–Crippen LogP) is 2.87. The monoisotopic (exact) mass is 269 g/mol. The van der Waals surface area contributed by atoms with Crippen LogP contribution in [0.3, 0.4) is 0 Å². The third-order valence-electron chi connectivity index (χ3n) is 4.84. The molecule has 0 aromatic heterocycles. The number of aliphatic hydroxyl groups is 1. The summed E-state index contributed by atoms with van der Waals surface area (Å²) < 4.78 is 6.34. The summed E-state index contributed by atoms with van der Waals surface area (Å²) >= 11 is 0. The fraction of sp³-hybridized carbons (Fsp3) is 1.00. The average molecular weight is 269 g/mol. The smallest absolute Gasteiger partial charge is 0.0708 e. The Labute approximate surface area is 118 Å². The van der Waals surface area contributed by atoms with E-state index in [0.29, 0.717) is 18.6 Å². The van der Waals surface area contributed by atoms with E-state index in [1.54, 1.807) is 0 Å². The number of ether oxygens (including phenoxy) is 1. The fourth-order valence-corrected chi connectivity index (χ4v) is 3.53. The lowest BCUT2D eigenvalue weighted by atomic mass is 9.83. The van der Waals surface area contributed by atoms with Crippen LogP contribution in [0.2, 0.25) is 0 Å². The molecule has 0 radical (unpaired) electrons. The molecule has 3 heteroatoms. The molecule has 0 bridgehead atoms. The second-order valence-corrected chi connectivity index (χ2v) is 6.66. The van der Waals surface area contributed by atoms with Gasteiger partial charge in [0.05, 0.1) is 11.7 Å². The molecule has 0 amide bonds. The Morgan fingerprint density at radius 2 is 2.05 bits per heavy atom. The highest BCUT2D eigenvalue weighted by molar-refractivity contribution is 4.91. The van der Waals surface area contributed by atoms with Gasteiger partial charge >= 0.3 is 0 Å². The number of aliphatic hydroxyl groups excluding tert-OH is 1. The number of nitrogens with one attached hydrogen (secondary N) is 1. The van der Waals surface area contributed by atoms with Crippen molar-refractivity contribution >= 4 is 0 Å². The van der Waals surface area contributed by atoms with E-state index in [2.05, 4.69) is 12.2 Å². The van der Waals surface area contributed by atoms with Gasteiger partial charge in [-0.25, -0.2) is 0 Å². The van der Waals surface area contributed by atoms with Gasteiger partial charge in [-0.15, -0.1) is 0 Å². The summed E-state index contributed by atoms with van der Waals surface area (Å²) in [6.45, 7) is 4.48. The maximum absolute atomic E-state index is 8.96. The highest BCUT2D eigenvalue weighted by atomic mass is 16.5. The summed E-state index contributed by atoms with van der Waals surface area (Å²) in [5, 5.41) is 12.5. The predicted molar refractivity (Wildman–Crippen MR) is 78.3 cm³/mol. The molecule has 2 atom stereocenters. The van der Waals surface area contributed by atoms with Crippen LogP contribution in [-0.2, 0) is 4.74 Å². The molecule has 2 N–H and O–H groups in total. The lowest BCUT2D eigenvalue weighted by Crippen LogP contribution is -2.34. The molecule has 1 spiro atoms. The molecule has 1 saturated carbocycles. The van der Waals surface area contributed by atoms with E-state index in [9.17, 15) is 0 Å². The minimum absolute atomic E-state index is 0.260. The largest absolute Gasteiger partial charge is 0.396 e. The van der Waals surface area contributed by atoms with Crippen molar-refractivity contribution in [2.45, 2.75) is 76.4 Å². The molecule has 3 nitrogen and oxygen atoms in total. The van der Waals surface area contributed by atoms with Crippen LogP contribution in [-0.4, -0.2) is 36.5 Å². The van der Waals surface area contributed by atoms with Gasteiger partial charge < -0.3 is 15.2 Å². The first kappa shape index (κ1) is 15.3. The van der Waals surface area contributed by atoms with Crippen LogP contribution in [0.5, 0.6) is 0 Å². The van der Waals surface area contributed by atoms with Gasteiger partial charge in [0, 0.05) is 13.2 Å². The highest BCUT2D eigenvalue weighted by Crippen LogP contribution is 2.41. The van der Waals surface area contributed by atoms with Crippen molar-refractivity contribution in [2.24, 2.45) is 5.92 Å². The minimum atomic E-state index is 0.260. The van der Waals surface area contributed by atoms with Gasteiger partial charge in [-0.3, -0.25) is 0 Å². The number of hydrogen-bond donors (Lipinski definition) is 2. The maximum Gasteiger partial charge on any atom is 0.0708 e. The van der Waals surface area contributed by atoms with Gasteiger partial charge in [-0.2, -0.15) is 0 Å². The maximum atomic E-state index is 8.96. The van der Waals surface area contributed by atoms with Crippen molar-refractivity contribution in [3.05, 3.63) is 0 Å². The summed E-state index contributed by atoms with van der Waals surface area (Å²) in [4.78, 5) is 0. The number of rotatable bonds is 7. The molecule has 112 valence electrons. The van der Waals surface area contributed by atoms with Gasteiger partial charge in [-0.1, -0.05) is 26.2 Å². The Bertz CT molecular complexity index is 251. The molecule has 0 aromatic rings. The first-order valence-corrected chi connectivity index (χ1v) is 8.23. The zero-order chi connectivity index (χ0) is 13.6. The Morgan fingerprint density at radius 1 is 1.26 bits per heavy atom. The van der Waals surface area contributed by atoms with Crippen molar-refractivity contribution in [1.29, 1.82) is 0 Å². The fourth-order valence-electron chi connectivity index (χ4n) is 3.53. The van der Waals surface area contributed by atoms with Crippen LogP contribution in [0.1, 0.15) is 64.7 Å². The molecule has 1 aliphatic heterocycles. The summed E-state index contributed by atoms with van der Waals surface area (Å²) in [5.74, 6) is 0.440. The van der Waals surface area contributed by atoms with Gasteiger partial charge in [0.1, 0.15) is 0 Å². The average Bonchev–Trinajstić information content (AvgIpc) is 2.82. The van der Waals surface area contributed by atoms with Gasteiger partial charge in [0.2, 0.25) is 0 Å². The molecular formula is C16H31NO2. The second-order valence-electron chi connectivity index (χ2n) is 6.66. The van der Waals surface area contributed by atoms with Crippen LogP contribution < -0.4 is 5.32 Å². The topological polar surface area (TPSA) is 41.5 Å². The Kier molecular flexibility index (Phi) is 6.11. The van der Waals surface area contributed by atoms with E-state index in [4.69, 9.17) is 9.84 Å². The third kappa shape index (κ3) is 4.73. The minimum Gasteiger partial charge on any atom is -0.396 e. The molecule has 2 unspecified atom stereocenters. The normalized spacial score (nSPS) is 27.8. The third-order valence-corrected chi connectivity index (χ3v) is 4.84. The second kappa shape index (κ2) is 7.61. The first-order chi connectivity index (χ1) is 9.24. The van der Waals surface area contributed by atoms with E-state index < -0.39 is 0 Å². The SMILES string of the molecule is CC(CO)CCCNCC1CCC2(CCCCC2)O1. The highest BCUT2D eigenvalue weighted by Gasteiger charge is 2.40. The lowest BCUT2D eigenvalue weighted by Gasteiger charge is -2.33. The summed E-state index contributed by atoms with van der Waals surface area (Å²) in [7, 11) is 0.